The summed E-state index contributed by atoms with van der Waals surface area (Å²) in [6.07, 6.45) is 1.76. The monoisotopic (exact) mass is 698 g/mol. The molecule has 0 radical (unpaired) electrons. The molecule has 5 nitrogen and oxygen atoms in total. The van der Waals surface area contributed by atoms with Crippen molar-refractivity contribution in [3.8, 4) is 5.75 Å². The second kappa shape index (κ2) is 11.0. The number of thiocarbonyl (C=S) groups is 1. The van der Waals surface area contributed by atoms with Crippen LogP contribution >= 0.6 is 69.2 Å². The third-order valence-corrected chi connectivity index (χ3v) is 7.32. The highest BCUT2D eigenvalue weighted by Crippen LogP contribution is 2.36. The Hall–Kier alpha value is -1.96. The molecule has 9 heteroatoms. The molecule has 0 unspecified atom stereocenters. The smallest absolute Gasteiger partial charge is 0.285 e. The van der Waals surface area contributed by atoms with Crippen LogP contribution < -0.4 is 10.2 Å². The van der Waals surface area contributed by atoms with Gasteiger partial charge in [-0.1, -0.05) is 60.3 Å². The highest BCUT2D eigenvalue weighted by molar-refractivity contribution is 14.1. The summed E-state index contributed by atoms with van der Waals surface area (Å²) < 4.78 is 8.36. The first-order chi connectivity index (χ1) is 15.9. The maximum atomic E-state index is 13.0. The summed E-state index contributed by atoms with van der Waals surface area (Å²) in [5.74, 6) is -0.0838. The first-order valence-corrected chi connectivity index (χ1v) is 13.1. The van der Waals surface area contributed by atoms with Crippen LogP contribution in [0.5, 0.6) is 5.75 Å². The standard InChI is InChI=1S/C24H16I2N2O3S2/c25-18-11-17(21(19(26)13-18)31-14-15-7-3-1-4-8-15)12-20-23(30)28(24(32)33-20)27-22(29)16-9-5-2-6-10-16/h1-13H,14H2,(H,27,29)/b20-12+. The van der Waals surface area contributed by atoms with Gasteiger partial charge in [-0.15, -0.1) is 0 Å². The number of nitrogens with one attached hydrogen (secondary N) is 1. The third kappa shape index (κ3) is 5.94. The Morgan fingerprint density at radius 1 is 1.06 bits per heavy atom. The summed E-state index contributed by atoms with van der Waals surface area (Å²) >= 11 is 11.0. The van der Waals surface area contributed by atoms with E-state index in [1.54, 1.807) is 30.3 Å². The van der Waals surface area contributed by atoms with Crippen LogP contribution in [0.4, 0.5) is 0 Å². The van der Waals surface area contributed by atoms with E-state index in [4.69, 9.17) is 17.0 Å². The first kappa shape index (κ1) is 24.2. The van der Waals surface area contributed by atoms with Crippen LogP contribution in [0.15, 0.2) is 77.7 Å². The Morgan fingerprint density at radius 2 is 1.73 bits per heavy atom. The quantitative estimate of drug-likeness (QED) is 0.194. The van der Waals surface area contributed by atoms with Crippen LogP contribution in [0, 0.1) is 7.14 Å². The predicted molar refractivity (Wildman–Crippen MR) is 152 cm³/mol. The normalized spacial score (nSPS) is 14.6. The van der Waals surface area contributed by atoms with Crippen molar-refractivity contribution in [3.63, 3.8) is 0 Å². The summed E-state index contributed by atoms with van der Waals surface area (Å²) in [7, 11) is 0. The van der Waals surface area contributed by atoms with Crippen LogP contribution in [0.1, 0.15) is 21.5 Å². The molecule has 3 aromatic rings. The van der Waals surface area contributed by atoms with Crippen LogP contribution in [-0.4, -0.2) is 21.1 Å². The molecule has 1 aliphatic rings. The van der Waals surface area contributed by atoms with Gasteiger partial charge in [-0.05, 0) is 93.3 Å². The number of hydrogen-bond acceptors (Lipinski definition) is 5. The van der Waals surface area contributed by atoms with Gasteiger partial charge < -0.3 is 4.74 Å². The number of ether oxygens (including phenoxy) is 1. The lowest BCUT2D eigenvalue weighted by Crippen LogP contribution is -2.44. The predicted octanol–water partition coefficient (Wildman–Crippen LogP) is 6.02. The van der Waals surface area contributed by atoms with E-state index in [0.29, 0.717) is 22.8 Å². The second-order valence-electron chi connectivity index (χ2n) is 6.90. The lowest BCUT2D eigenvalue weighted by atomic mass is 10.1. The first-order valence-electron chi connectivity index (χ1n) is 9.72. The third-order valence-electron chi connectivity index (χ3n) is 4.59. The fraction of sp³-hybridized carbons (Fsp3) is 0.0417. The minimum atomic E-state index is -0.399. The molecule has 0 bridgehead atoms. The highest BCUT2D eigenvalue weighted by atomic mass is 127. The van der Waals surface area contributed by atoms with Crippen molar-refractivity contribution in [2.24, 2.45) is 0 Å². The van der Waals surface area contributed by atoms with E-state index < -0.39 is 5.91 Å². The van der Waals surface area contributed by atoms with Crippen molar-refractivity contribution in [1.82, 2.24) is 10.4 Å². The molecule has 0 atom stereocenters. The number of hydrazine groups is 1. The number of nitrogens with zero attached hydrogens (tertiary/aromatic N) is 1. The van der Waals surface area contributed by atoms with Gasteiger partial charge in [0.05, 0.1) is 8.48 Å². The molecule has 1 heterocycles. The number of carbonyl (C=O) groups excluding carboxylic acids is 2. The molecular weight excluding hydrogens is 682 g/mol. The number of halogens is 2. The fourth-order valence-electron chi connectivity index (χ4n) is 3.03. The number of rotatable bonds is 6. The molecule has 1 fully saturated rings. The number of carbonyl (C=O) groups is 2. The molecule has 1 saturated heterocycles. The fourth-order valence-corrected chi connectivity index (χ4v) is 6.25. The zero-order chi connectivity index (χ0) is 23.4. The summed E-state index contributed by atoms with van der Waals surface area (Å²) in [5, 5.41) is 1.12. The van der Waals surface area contributed by atoms with Gasteiger partial charge in [0.2, 0.25) is 0 Å². The zero-order valence-electron chi connectivity index (χ0n) is 17.0. The van der Waals surface area contributed by atoms with E-state index in [9.17, 15) is 9.59 Å². The Morgan fingerprint density at radius 3 is 2.42 bits per heavy atom. The van der Waals surface area contributed by atoms with Crippen molar-refractivity contribution in [2.45, 2.75) is 6.61 Å². The molecule has 3 aromatic carbocycles. The number of thioether (sulfide) groups is 1. The molecule has 0 aromatic heterocycles. The SMILES string of the molecule is O=C(NN1C(=O)/C(=C\c2cc(I)cc(I)c2OCc2ccccc2)SC1=S)c1ccccc1. The van der Waals surface area contributed by atoms with E-state index in [2.05, 4.69) is 50.6 Å². The van der Waals surface area contributed by atoms with Crippen LogP contribution in [0.25, 0.3) is 6.08 Å². The summed E-state index contributed by atoms with van der Waals surface area (Å²) in [5.41, 5.74) is 4.87. The van der Waals surface area contributed by atoms with Crippen molar-refractivity contribution in [2.75, 3.05) is 0 Å². The number of benzene rings is 3. The highest BCUT2D eigenvalue weighted by Gasteiger charge is 2.34. The maximum absolute atomic E-state index is 13.0. The van der Waals surface area contributed by atoms with E-state index in [-0.39, 0.29) is 10.2 Å². The Balaban J connectivity index is 1.57. The molecule has 0 spiro atoms. The van der Waals surface area contributed by atoms with Crippen molar-refractivity contribution in [3.05, 3.63) is 102 Å². The van der Waals surface area contributed by atoms with E-state index in [1.165, 1.54) is 0 Å². The zero-order valence-corrected chi connectivity index (χ0v) is 22.9. The summed E-state index contributed by atoms with van der Waals surface area (Å²) in [6.45, 7) is 0.409. The van der Waals surface area contributed by atoms with Gasteiger partial charge in [-0.2, -0.15) is 5.01 Å². The van der Waals surface area contributed by atoms with Crippen LogP contribution in [0.2, 0.25) is 0 Å². The molecule has 33 heavy (non-hydrogen) atoms. The van der Waals surface area contributed by atoms with Crippen LogP contribution in [-0.2, 0) is 11.4 Å². The topological polar surface area (TPSA) is 58.6 Å². The molecular formula is C24H16I2N2O3S2. The number of amides is 2. The Kier molecular flexibility index (Phi) is 8.04. The summed E-state index contributed by atoms with van der Waals surface area (Å²) in [6, 6.07) is 22.5. The van der Waals surface area contributed by atoms with Gasteiger partial charge in [0.15, 0.2) is 4.32 Å². The van der Waals surface area contributed by atoms with E-state index in [0.717, 1.165) is 35.0 Å². The lowest BCUT2D eigenvalue weighted by molar-refractivity contribution is -0.123. The van der Waals surface area contributed by atoms with Gasteiger partial charge in [0.1, 0.15) is 12.4 Å². The van der Waals surface area contributed by atoms with Gasteiger partial charge in [-0.3, -0.25) is 15.0 Å². The van der Waals surface area contributed by atoms with Crippen LogP contribution in [0.3, 0.4) is 0 Å². The van der Waals surface area contributed by atoms with Crippen molar-refractivity contribution in [1.29, 1.82) is 0 Å². The largest absolute Gasteiger partial charge is 0.487 e. The maximum Gasteiger partial charge on any atom is 0.285 e. The minimum absolute atomic E-state index is 0.266. The van der Waals surface area contributed by atoms with Crippen molar-refractivity contribution < 1.29 is 14.3 Å². The van der Waals surface area contributed by atoms with Gasteiger partial charge in [0, 0.05) is 14.7 Å². The molecule has 0 aliphatic carbocycles. The minimum Gasteiger partial charge on any atom is -0.487 e. The molecule has 1 N–H and O–H groups in total. The van der Waals surface area contributed by atoms with Gasteiger partial charge in [-0.25, -0.2) is 0 Å². The molecule has 4 rings (SSSR count). The Labute approximate surface area is 228 Å². The van der Waals surface area contributed by atoms with Gasteiger partial charge >= 0.3 is 0 Å². The van der Waals surface area contributed by atoms with Gasteiger partial charge in [0.25, 0.3) is 11.8 Å². The molecule has 1 aliphatic heterocycles. The summed E-state index contributed by atoms with van der Waals surface area (Å²) in [4.78, 5) is 26.0. The molecule has 2 amide bonds. The second-order valence-corrected chi connectivity index (χ2v) is 11.0. The molecule has 166 valence electrons. The number of hydrogen-bond donors (Lipinski definition) is 1. The van der Waals surface area contributed by atoms with E-state index >= 15 is 0 Å². The lowest BCUT2D eigenvalue weighted by Gasteiger charge is -2.15. The average Bonchev–Trinajstić information content (AvgIpc) is 3.07. The van der Waals surface area contributed by atoms with Crippen molar-refractivity contribution >= 4 is 91.4 Å². The Bertz CT molecular complexity index is 1250. The molecule has 0 saturated carbocycles. The van der Waals surface area contributed by atoms with E-state index in [1.807, 2.05) is 48.5 Å². The average molecular weight is 698 g/mol.